The number of nitrogens with zero attached hydrogens (tertiary/aromatic N) is 1. The zero-order valence-corrected chi connectivity index (χ0v) is 10.8. The molecule has 0 aromatic heterocycles. The lowest BCUT2D eigenvalue weighted by atomic mass is 9.81. The Balaban J connectivity index is 1.52. The number of benzene rings is 1. The third-order valence-corrected chi connectivity index (χ3v) is 4.50. The van der Waals surface area contributed by atoms with E-state index in [0.717, 1.165) is 44.7 Å². The van der Waals surface area contributed by atoms with Crippen molar-refractivity contribution in [3.63, 3.8) is 0 Å². The van der Waals surface area contributed by atoms with E-state index in [4.69, 9.17) is 0 Å². The molecule has 3 rings (SSSR count). The molecule has 1 heterocycles. The first-order chi connectivity index (χ1) is 8.81. The summed E-state index contributed by atoms with van der Waals surface area (Å²) in [5.74, 6) is 1.93. The van der Waals surface area contributed by atoms with E-state index in [0.29, 0.717) is 11.7 Å². The maximum atomic E-state index is 11.5. The molecule has 96 valence electrons. The predicted octanol–water partition coefficient (Wildman–Crippen LogP) is 2.53. The van der Waals surface area contributed by atoms with Crippen molar-refractivity contribution in [3.05, 3.63) is 35.9 Å². The van der Waals surface area contributed by atoms with Gasteiger partial charge in [0.25, 0.3) is 0 Å². The van der Waals surface area contributed by atoms with Crippen LogP contribution >= 0.6 is 0 Å². The number of Topliss-reactive ketones (excluding diaryl/α,β-unsaturated/α-hetero) is 1. The Labute approximate surface area is 109 Å². The van der Waals surface area contributed by atoms with Gasteiger partial charge in [0, 0.05) is 32.5 Å². The molecule has 0 radical (unpaired) electrons. The number of rotatable bonds is 3. The van der Waals surface area contributed by atoms with Crippen molar-refractivity contribution < 1.29 is 4.79 Å². The summed E-state index contributed by atoms with van der Waals surface area (Å²) < 4.78 is 0. The summed E-state index contributed by atoms with van der Waals surface area (Å²) in [6, 6.07) is 10.7. The van der Waals surface area contributed by atoms with Crippen molar-refractivity contribution in [1.29, 1.82) is 0 Å². The number of carbonyl (C=O) groups is 1. The molecule has 2 nitrogen and oxygen atoms in total. The Bertz CT molecular complexity index is 414. The number of hydrogen-bond acceptors (Lipinski definition) is 2. The second-order valence-electron chi connectivity index (χ2n) is 5.80. The number of ketones is 1. The zero-order valence-electron chi connectivity index (χ0n) is 10.8. The molecule has 1 aromatic carbocycles. The Morgan fingerprint density at radius 2 is 1.89 bits per heavy atom. The standard InChI is InChI=1S/C16H21NO/c18-16-7-6-14-11-17(12-15(14)10-16)9-8-13-4-2-1-3-5-13/h1-5,14-15H,6-12H2/t14-,15?/m0/s1. The normalized spacial score (nSPS) is 28.3. The molecule has 1 aromatic rings. The summed E-state index contributed by atoms with van der Waals surface area (Å²) in [5, 5.41) is 0. The first-order valence-electron chi connectivity index (χ1n) is 7.09. The van der Waals surface area contributed by atoms with Crippen LogP contribution in [0.5, 0.6) is 0 Å². The predicted molar refractivity (Wildman–Crippen MR) is 72.4 cm³/mol. The molecular formula is C16H21NO. The van der Waals surface area contributed by atoms with E-state index in [2.05, 4.69) is 35.2 Å². The summed E-state index contributed by atoms with van der Waals surface area (Å²) >= 11 is 0. The highest BCUT2D eigenvalue weighted by Crippen LogP contribution is 2.34. The molecule has 1 unspecified atom stereocenters. The Hall–Kier alpha value is -1.15. The molecule has 0 bridgehead atoms. The second-order valence-corrected chi connectivity index (χ2v) is 5.80. The first kappa shape index (κ1) is 11.9. The van der Waals surface area contributed by atoms with Crippen LogP contribution in [0.25, 0.3) is 0 Å². The average Bonchev–Trinajstić information content (AvgIpc) is 2.79. The lowest BCUT2D eigenvalue weighted by Gasteiger charge is -2.22. The number of likely N-dealkylation sites (tertiary alicyclic amines) is 1. The van der Waals surface area contributed by atoms with Gasteiger partial charge in [0.1, 0.15) is 5.78 Å². The van der Waals surface area contributed by atoms with Crippen LogP contribution in [0.3, 0.4) is 0 Å². The van der Waals surface area contributed by atoms with Crippen LogP contribution in [-0.4, -0.2) is 30.3 Å². The van der Waals surface area contributed by atoms with Crippen LogP contribution in [0.2, 0.25) is 0 Å². The summed E-state index contributed by atoms with van der Waals surface area (Å²) in [7, 11) is 0. The van der Waals surface area contributed by atoms with Gasteiger partial charge in [0.15, 0.2) is 0 Å². The molecule has 0 N–H and O–H groups in total. The molecule has 1 saturated heterocycles. The molecule has 0 amide bonds. The molecule has 1 saturated carbocycles. The van der Waals surface area contributed by atoms with E-state index in [9.17, 15) is 4.79 Å². The van der Waals surface area contributed by atoms with Gasteiger partial charge < -0.3 is 4.90 Å². The lowest BCUT2D eigenvalue weighted by molar-refractivity contribution is -0.122. The van der Waals surface area contributed by atoms with E-state index < -0.39 is 0 Å². The molecular weight excluding hydrogens is 222 g/mol. The van der Waals surface area contributed by atoms with Crippen LogP contribution in [0.1, 0.15) is 24.8 Å². The van der Waals surface area contributed by atoms with E-state index in [1.54, 1.807) is 0 Å². The van der Waals surface area contributed by atoms with Gasteiger partial charge in [0.05, 0.1) is 0 Å². The first-order valence-corrected chi connectivity index (χ1v) is 7.09. The highest BCUT2D eigenvalue weighted by molar-refractivity contribution is 5.79. The molecule has 2 aliphatic rings. The molecule has 1 aliphatic heterocycles. The monoisotopic (exact) mass is 243 g/mol. The maximum absolute atomic E-state index is 11.5. The largest absolute Gasteiger partial charge is 0.302 e. The molecule has 18 heavy (non-hydrogen) atoms. The van der Waals surface area contributed by atoms with Gasteiger partial charge in [0.2, 0.25) is 0 Å². The minimum absolute atomic E-state index is 0.487. The van der Waals surface area contributed by atoms with Crippen molar-refractivity contribution in [3.8, 4) is 0 Å². The van der Waals surface area contributed by atoms with Crippen molar-refractivity contribution in [2.75, 3.05) is 19.6 Å². The molecule has 2 atom stereocenters. The fourth-order valence-electron chi connectivity index (χ4n) is 3.45. The van der Waals surface area contributed by atoms with E-state index >= 15 is 0 Å². The van der Waals surface area contributed by atoms with Crippen molar-refractivity contribution >= 4 is 5.78 Å². The summed E-state index contributed by atoms with van der Waals surface area (Å²) in [4.78, 5) is 14.0. The maximum Gasteiger partial charge on any atom is 0.133 e. The van der Waals surface area contributed by atoms with Gasteiger partial charge in [-0.1, -0.05) is 30.3 Å². The summed E-state index contributed by atoms with van der Waals surface area (Å²) in [6.45, 7) is 3.50. The number of hydrogen-bond donors (Lipinski definition) is 0. The Kier molecular flexibility index (Phi) is 3.46. The van der Waals surface area contributed by atoms with Crippen LogP contribution in [0.15, 0.2) is 30.3 Å². The van der Waals surface area contributed by atoms with Gasteiger partial charge in [-0.05, 0) is 30.2 Å². The van der Waals surface area contributed by atoms with Crippen molar-refractivity contribution in [1.82, 2.24) is 4.90 Å². The SMILES string of the molecule is O=C1CC[C@H]2CN(CCc3ccccc3)CC2C1. The van der Waals surface area contributed by atoms with E-state index in [1.807, 2.05) is 0 Å². The van der Waals surface area contributed by atoms with Gasteiger partial charge in [-0.25, -0.2) is 0 Å². The van der Waals surface area contributed by atoms with Crippen molar-refractivity contribution in [2.45, 2.75) is 25.7 Å². The van der Waals surface area contributed by atoms with Gasteiger partial charge >= 0.3 is 0 Å². The molecule has 1 aliphatic carbocycles. The lowest BCUT2D eigenvalue weighted by Crippen LogP contribution is -2.23. The quantitative estimate of drug-likeness (QED) is 0.813. The van der Waals surface area contributed by atoms with E-state index in [-0.39, 0.29) is 0 Å². The fraction of sp³-hybridized carbons (Fsp3) is 0.562. The number of carbonyl (C=O) groups excluding carboxylic acids is 1. The van der Waals surface area contributed by atoms with Crippen molar-refractivity contribution in [2.24, 2.45) is 11.8 Å². The van der Waals surface area contributed by atoms with Crippen LogP contribution in [0.4, 0.5) is 0 Å². The second kappa shape index (κ2) is 5.23. The minimum atomic E-state index is 0.487. The van der Waals surface area contributed by atoms with Gasteiger partial charge in [-0.3, -0.25) is 4.79 Å². The summed E-state index contributed by atoms with van der Waals surface area (Å²) in [6.07, 6.45) is 3.93. The molecule has 0 spiro atoms. The molecule has 2 heteroatoms. The fourth-order valence-corrected chi connectivity index (χ4v) is 3.45. The van der Waals surface area contributed by atoms with Crippen LogP contribution < -0.4 is 0 Å². The van der Waals surface area contributed by atoms with Gasteiger partial charge in [-0.15, -0.1) is 0 Å². The smallest absolute Gasteiger partial charge is 0.133 e. The zero-order chi connectivity index (χ0) is 12.4. The van der Waals surface area contributed by atoms with Crippen LogP contribution in [-0.2, 0) is 11.2 Å². The van der Waals surface area contributed by atoms with Gasteiger partial charge in [-0.2, -0.15) is 0 Å². The average molecular weight is 243 g/mol. The van der Waals surface area contributed by atoms with Crippen LogP contribution in [0, 0.1) is 11.8 Å². The topological polar surface area (TPSA) is 20.3 Å². The minimum Gasteiger partial charge on any atom is -0.302 e. The highest BCUT2D eigenvalue weighted by Gasteiger charge is 2.36. The third-order valence-electron chi connectivity index (χ3n) is 4.50. The number of fused-ring (bicyclic) bond motifs is 1. The third kappa shape index (κ3) is 2.64. The van der Waals surface area contributed by atoms with E-state index in [1.165, 1.54) is 12.1 Å². The summed E-state index contributed by atoms with van der Waals surface area (Å²) in [5.41, 5.74) is 1.42. The highest BCUT2D eigenvalue weighted by atomic mass is 16.1. The Morgan fingerprint density at radius 3 is 2.72 bits per heavy atom. The Morgan fingerprint density at radius 1 is 1.11 bits per heavy atom. The molecule has 2 fully saturated rings.